The van der Waals surface area contributed by atoms with Gasteiger partial charge in [0.1, 0.15) is 11.6 Å². The molecule has 1 N–H and O–H groups in total. The van der Waals surface area contributed by atoms with Crippen molar-refractivity contribution in [1.82, 2.24) is 19.6 Å². The number of likely N-dealkylation sites (tertiary alicyclic amines) is 1. The van der Waals surface area contributed by atoms with E-state index in [0.717, 1.165) is 49.7 Å². The predicted octanol–water partition coefficient (Wildman–Crippen LogP) is 2.30. The summed E-state index contributed by atoms with van der Waals surface area (Å²) in [5, 5.41) is 7.31. The van der Waals surface area contributed by atoms with E-state index in [4.69, 9.17) is 0 Å². The molecule has 1 atom stereocenters. The third kappa shape index (κ3) is 4.67. The van der Waals surface area contributed by atoms with Crippen molar-refractivity contribution in [2.75, 3.05) is 43.0 Å². The molecule has 9 heteroatoms. The topological polar surface area (TPSA) is 70.5 Å². The number of amides is 2. The molecule has 7 nitrogen and oxygen atoms in total. The normalized spacial score (nSPS) is 19.8. The summed E-state index contributed by atoms with van der Waals surface area (Å²) in [6, 6.07) is 7.50. The van der Waals surface area contributed by atoms with E-state index in [9.17, 15) is 14.0 Å². The predicted molar refractivity (Wildman–Crippen MR) is 115 cm³/mol. The molecule has 160 valence electrons. The van der Waals surface area contributed by atoms with E-state index in [0.29, 0.717) is 11.5 Å². The lowest BCUT2D eigenvalue weighted by atomic mass is 10.2. The number of rotatable bonds is 5. The first kappa shape index (κ1) is 20.9. The zero-order valence-electron chi connectivity index (χ0n) is 17.0. The number of nitrogens with one attached hydrogen (secondary N) is 1. The van der Waals surface area contributed by atoms with Crippen LogP contribution in [0.25, 0.3) is 5.69 Å². The van der Waals surface area contributed by atoms with Crippen LogP contribution in [-0.2, 0) is 9.59 Å². The van der Waals surface area contributed by atoms with E-state index in [1.807, 2.05) is 28.5 Å². The molecule has 2 saturated heterocycles. The van der Waals surface area contributed by atoms with Gasteiger partial charge in [0.15, 0.2) is 0 Å². The SMILES string of the molecule is Cc1cc(NC(=O)CN2CCCC2C(=O)N2CCSCC2)n(-c2ccc(F)cc2)n1. The van der Waals surface area contributed by atoms with Gasteiger partial charge in [-0.3, -0.25) is 14.5 Å². The lowest BCUT2D eigenvalue weighted by molar-refractivity contribution is -0.136. The number of hydrogen-bond acceptors (Lipinski definition) is 5. The smallest absolute Gasteiger partial charge is 0.239 e. The maximum atomic E-state index is 13.2. The first-order valence-electron chi connectivity index (χ1n) is 10.2. The molecule has 0 bridgehead atoms. The Morgan fingerprint density at radius 1 is 1.20 bits per heavy atom. The Bertz CT molecular complexity index is 911. The number of aryl methyl sites for hydroxylation is 1. The number of aromatic nitrogens is 2. The molecule has 0 saturated carbocycles. The molecular weight excluding hydrogens is 405 g/mol. The first-order chi connectivity index (χ1) is 14.5. The van der Waals surface area contributed by atoms with Gasteiger partial charge in [-0.05, 0) is 50.6 Å². The maximum absolute atomic E-state index is 13.2. The van der Waals surface area contributed by atoms with Crippen molar-refractivity contribution in [2.24, 2.45) is 0 Å². The summed E-state index contributed by atoms with van der Waals surface area (Å²) in [6.45, 7) is 4.31. The molecule has 1 aromatic carbocycles. The van der Waals surface area contributed by atoms with E-state index < -0.39 is 0 Å². The Labute approximate surface area is 179 Å². The van der Waals surface area contributed by atoms with Gasteiger partial charge in [0.25, 0.3) is 0 Å². The highest BCUT2D eigenvalue weighted by molar-refractivity contribution is 7.99. The molecule has 3 heterocycles. The quantitative estimate of drug-likeness (QED) is 0.787. The van der Waals surface area contributed by atoms with Crippen LogP contribution in [0.2, 0.25) is 0 Å². The van der Waals surface area contributed by atoms with Gasteiger partial charge in [-0.2, -0.15) is 16.9 Å². The number of halogens is 1. The minimum Gasteiger partial charge on any atom is -0.340 e. The molecule has 1 aromatic heterocycles. The Morgan fingerprint density at radius 2 is 1.93 bits per heavy atom. The highest BCUT2D eigenvalue weighted by Gasteiger charge is 2.35. The lowest BCUT2D eigenvalue weighted by Crippen LogP contribution is -2.50. The van der Waals surface area contributed by atoms with E-state index in [1.54, 1.807) is 22.9 Å². The molecular formula is C21H26FN5O2S. The van der Waals surface area contributed by atoms with Crippen molar-refractivity contribution < 1.29 is 14.0 Å². The van der Waals surface area contributed by atoms with Crippen LogP contribution in [0.3, 0.4) is 0 Å². The van der Waals surface area contributed by atoms with Crippen molar-refractivity contribution in [3.8, 4) is 5.69 Å². The number of nitrogens with zero attached hydrogens (tertiary/aromatic N) is 4. The zero-order chi connectivity index (χ0) is 21.1. The molecule has 30 heavy (non-hydrogen) atoms. The fourth-order valence-corrected chi connectivity index (χ4v) is 4.93. The largest absolute Gasteiger partial charge is 0.340 e. The van der Waals surface area contributed by atoms with Crippen LogP contribution in [0.1, 0.15) is 18.5 Å². The van der Waals surface area contributed by atoms with Gasteiger partial charge in [0.05, 0.1) is 24.0 Å². The van der Waals surface area contributed by atoms with Gasteiger partial charge < -0.3 is 10.2 Å². The Kier molecular flexibility index (Phi) is 6.38. The van der Waals surface area contributed by atoms with Crippen molar-refractivity contribution >= 4 is 29.4 Å². The summed E-state index contributed by atoms with van der Waals surface area (Å²) in [7, 11) is 0. The van der Waals surface area contributed by atoms with Gasteiger partial charge in [-0.15, -0.1) is 0 Å². The third-order valence-corrected chi connectivity index (χ3v) is 6.43. The van der Waals surface area contributed by atoms with E-state index in [2.05, 4.69) is 10.4 Å². The fourth-order valence-electron chi connectivity index (χ4n) is 4.02. The van der Waals surface area contributed by atoms with Crippen LogP contribution < -0.4 is 5.32 Å². The number of benzene rings is 1. The lowest BCUT2D eigenvalue weighted by Gasteiger charge is -2.32. The average Bonchev–Trinajstić information content (AvgIpc) is 3.35. The summed E-state index contributed by atoms with van der Waals surface area (Å²) in [5.41, 5.74) is 1.41. The van der Waals surface area contributed by atoms with Gasteiger partial charge >= 0.3 is 0 Å². The second kappa shape index (κ2) is 9.18. The van der Waals surface area contributed by atoms with Gasteiger partial charge in [-0.25, -0.2) is 9.07 Å². The van der Waals surface area contributed by atoms with Gasteiger partial charge in [-0.1, -0.05) is 0 Å². The first-order valence-corrected chi connectivity index (χ1v) is 11.4. The Balaban J connectivity index is 1.42. The van der Waals surface area contributed by atoms with Crippen molar-refractivity contribution in [3.63, 3.8) is 0 Å². The molecule has 2 aliphatic heterocycles. The molecule has 0 aliphatic carbocycles. The van der Waals surface area contributed by atoms with Crippen molar-refractivity contribution in [1.29, 1.82) is 0 Å². The van der Waals surface area contributed by atoms with Gasteiger partial charge in [0.2, 0.25) is 11.8 Å². The van der Waals surface area contributed by atoms with Gasteiger partial charge in [0, 0.05) is 30.7 Å². The second-order valence-electron chi connectivity index (χ2n) is 7.67. The number of thioether (sulfide) groups is 1. The average molecular weight is 432 g/mol. The molecule has 2 fully saturated rings. The van der Waals surface area contributed by atoms with Crippen LogP contribution in [0, 0.1) is 12.7 Å². The minimum atomic E-state index is -0.328. The molecule has 1 unspecified atom stereocenters. The second-order valence-corrected chi connectivity index (χ2v) is 8.90. The van der Waals surface area contributed by atoms with E-state index in [-0.39, 0.29) is 30.2 Å². The number of hydrogen-bond donors (Lipinski definition) is 1. The number of carbonyl (C=O) groups excluding carboxylic acids is 2. The van der Waals surface area contributed by atoms with Crippen molar-refractivity contribution in [2.45, 2.75) is 25.8 Å². The van der Waals surface area contributed by atoms with Crippen molar-refractivity contribution in [3.05, 3.63) is 41.8 Å². The molecule has 2 aromatic rings. The summed E-state index contributed by atoms with van der Waals surface area (Å²) in [5.74, 6) is 2.11. The highest BCUT2D eigenvalue weighted by atomic mass is 32.2. The third-order valence-electron chi connectivity index (χ3n) is 5.49. The summed E-state index contributed by atoms with van der Waals surface area (Å²) >= 11 is 1.87. The van der Waals surface area contributed by atoms with Crippen LogP contribution in [0.15, 0.2) is 30.3 Å². The highest BCUT2D eigenvalue weighted by Crippen LogP contribution is 2.22. The number of carbonyl (C=O) groups is 2. The summed E-state index contributed by atoms with van der Waals surface area (Å²) < 4.78 is 14.8. The van der Waals surface area contributed by atoms with Crippen LogP contribution in [-0.4, -0.2) is 75.1 Å². The van der Waals surface area contributed by atoms with Crippen LogP contribution >= 0.6 is 11.8 Å². The maximum Gasteiger partial charge on any atom is 0.239 e. The van der Waals surface area contributed by atoms with Crippen LogP contribution in [0.4, 0.5) is 10.2 Å². The van der Waals surface area contributed by atoms with E-state index in [1.165, 1.54) is 12.1 Å². The fraction of sp³-hybridized carbons (Fsp3) is 0.476. The summed E-state index contributed by atoms with van der Waals surface area (Å²) in [4.78, 5) is 29.6. The molecule has 0 spiro atoms. The monoisotopic (exact) mass is 431 g/mol. The molecule has 0 radical (unpaired) electrons. The standard InChI is InChI=1S/C21H26FN5O2S/c1-15-13-19(27(24-15)17-6-4-16(22)5-7-17)23-20(28)14-26-8-2-3-18(26)21(29)25-9-11-30-12-10-25/h4-7,13,18H,2-3,8-12,14H2,1H3,(H,23,28). The van der Waals surface area contributed by atoms with E-state index >= 15 is 0 Å². The Morgan fingerprint density at radius 3 is 2.67 bits per heavy atom. The van der Waals surface area contributed by atoms with Crippen LogP contribution in [0.5, 0.6) is 0 Å². The molecule has 4 rings (SSSR count). The minimum absolute atomic E-state index is 0.146. The Hall–Kier alpha value is -2.39. The molecule has 2 aliphatic rings. The zero-order valence-corrected chi connectivity index (χ0v) is 17.8. The molecule has 2 amide bonds. The number of anilines is 1. The summed E-state index contributed by atoms with van der Waals surface area (Å²) in [6.07, 6.45) is 1.71.